The molecule has 3 aromatic carbocycles. The van der Waals surface area contributed by atoms with E-state index in [9.17, 15) is 18.0 Å². The normalized spacial score (nSPS) is 12.0. The Balaban J connectivity index is 1.90. The first-order valence-electron chi connectivity index (χ1n) is 14.4. The Labute approximate surface area is 255 Å². The molecule has 2 amide bonds. The SMILES string of the molecule is COc1cccc(CN(C(=O)CCCN(c2cccc(OC)c2)S(C)(=O)=O)C(Cc2ccccc2)C(=O)NCC(C)C)c1. The minimum absolute atomic E-state index is 0.0444. The first-order valence-corrected chi connectivity index (χ1v) is 16.2. The summed E-state index contributed by atoms with van der Waals surface area (Å²) in [7, 11) is -0.533. The van der Waals surface area contributed by atoms with E-state index in [4.69, 9.17) is 9.47 Å². The van der Waals surface area contributed by atoms with Crippen molar-refractivity contribution in [2.24, 2.45) is 5.92 Å². The van der Waals surface area contributed by atoms with Crippen LogP contribution in [0, 0.1) is 5.92 Å². The van der Waals surface area contributed by atoms with E-state index >= 15 is 0 Å². The van der Waals surface area contributed by atoms with Crippen LogP contribution in [0.15, 0.2) is 78.9 Å². The number of ether oxygens (including phenoxy) is 2. The van der Waals surface area contributed by atoms with Gasteiger partial charge in [0.25, 0.3) is 0 Å². The molecule has 10 heteroatoms. The van der Waals surface area contributed by atoms with Crippen molar-refractivity contribution in [2.45, 2.75) is 45.7 Å². The van der Waals surface area contributed by atoms with Crippen LogP contribution in [-0.4, -0.2) is 64.7 Å². The second kappa shape index (κ2) is 16.0. The summed E-state index contributed by atoms with van der Waals surface area (Å²) in [6, 6.07) is 23.0. The van der Waals surface area contributed by atoms with E-state index in [1.54, 1.807) is 36.3 Å². The highest BCUT2D eigenvalue weighted by atomic mass is 32.2. The van der Waals surface area contributed by atoms with Crippen molar-refractivity contribution in [3.63, 3.8) is 0 Å². The van der Waals surface area contributed by atoms with Crippen LogP contribution >= 0.6 is 0 Å². The monoisotopic (exact) mass is 609 g/mol. The molecular formula is C33H43N3O6S. The molecule has 232 valence electrons. The fraction of sp³-hybridized carbons (Fsp3) is 0.394. The Morgan fingerprint density at radius 1 is 0.860 bits per heavy atom. The average Bonchev–Trinajstić information content (AvgIpc) is 2.99. The number of amides is 2. The molecule has 0 aromatic heterocycles. The standard InChI is InChI=1S/C33H43N3O6S/c1-25(2)23-34-33(38)31(21-26-12-7-6-8-13-26)35(24-27-14-9-16-29(20-27)41-3)32(37)18-11-19-36(43(5,39)40)28-15-10-17-30(22-28)42-4/h6-10,12-17,20,22,25,31H,11,18-19,21,23-24H2,1-5H3,(H,34,38). The highest BCUT2D eigenvalue weighted by Gasteiger charge is 2.30. The van der Waals surface area contributed by atoms with E-state index in [2.05, 4.69) is 5.32 Å². The molecule has 0 bridgehead atoms. The van der Waals surface area contributed by atoms with Crippen molar-refractivity contribution < 1.29 is 27.5 Å². The Kier molecular flexibility index (Phi) is 12.4. The third-order valence-corrected chi connectivity index (χ3v) is 8.13. The van der Waals surface area contributed by atoms with Crippen molar-refractivity contribution in [1.29, 1.82) is 0 Å². The molecule has 0 spiro atoms. The summed E-state index contributed by atoms with van der Waals surface area (Å²) in [5.41, 5.74) is 2.20. The zero-order valence-electron chi connectivity index (χ0n) is 25.7. The lowest BCUT2D eigenvalue weighted by Gasteiger charge is -2.32. The van der Waals surface area contributed by atoms with Crippen LogP contribution in [0.3, 0.4) is 0 Å². The van der Waals surface area contributed by atoms with Crippen LogP contribution in [0.25, 0.3) is 0 Å². The smallest absolute Gasteiger partial charge is 0.243 e. The Hall–Kier alpha value is -4.05. The maximum absolute atomic E-state index is 14.0. The van der Waals surface area contributed by atoms with E-state index in [0.717, 1.165) is 17.4 Å². The summed E-state index contributed by atoms with van der Waals surface area (Å²) in [4.78, 5) is 29.2. The number of nitrogens with zero attached hydrogens (tertiary/aromatic N) is 2. The molecule has 3 rings (SSSR count). The van der Waals surface area contributed by atoms with E-state index in [1.807, 2.05) is 68.4 Å². The van der Waals surface area contributed by atoms with E-state index in [-0.39, 0.29) is 43.7 Å². The minimum atomic E-state index is -3.63. The van der Waals surface area contributed by atoms with Gasteiger partial charge in [0.05, 0.1) is 26.2 Å². The molecule has 43 heavy (non-hydrogen) atoms. The zero-order valence-corrected chi connectivity index (χ0v) is 26.5. The lowest BCUT2D eigenvalue weighted by atomic mass is 10.0. The molecule has 3 aromatic rings. The number of carbonyl (C=O) groups is 2. The highest BCUT2D eigenvalue weighted by Crippen LogP contribution is 2.24. The van der Waals surface area contributed by atoms with Crippen molar-refractivity contribution in [1.82, 2.24) is 10.2 Å². The van der Waals surface area contributed by atoms with Crippen LogP contribution in [0.2, 0.25) is 0 Å². The second-order valence-electron chi connectivity index (χ2n) is 10.9. The molecule has 0 saturated carbocycles. The van der Waals surface area contributed by atoms with E-state index in [1.165, 1.54) is 11.4 Å². The summed E-state index contributed by atoms with van der Waals surface area (Å²) in [5, 5.41) is 3.02. The Morgan fingerprint density at radius 3 is 2.12 bits per heavy atom. The van der Waals surface area contributed by atoms with Crippen molar-refractivity contribution in [3.8, 4) is 11.5 Å². The molecule has 0 heterocycles. The van der Waals surface area contributed by atoms with Gasteiger partial charge in [-0.25, -0.2) is 8.42 Å². The van der Waals surface area contributed by atoms with Gasteiger partial charge in [-0.15, -0.1) is 0 Å². The minimum Gasteiger partial charge on any atom is -0.497 e. The number of carbonyl (C=O) groups excluding carboxylic acids is 2. The van der Waals surface area contributed by atoms with Gasteiger partial charge in [0.2, 0.25) is 21.8 Å². The van der Waals surface area contributed by atoms with Gasteiger partial charge in [0.1, 0.15) is 17.5 Å². The number of hydrogen-bond acceptors (Lipinski definition) is 6. The van der Waals surface area contributed by atoms with Gasteiger partial charge in [-0.2, -0.15) is 0 Å². The van der Waals surface area contributed by atoms with Gasteiger partial charge in [-0.1, -0.05) is 62.4 Å². The number of benzene rings is 3. The Morgan fingerprint density at radius 2 is 1.49 bits per heavy atom. The zero-order chi connectivity index (χ0) is 31.4. The molecule has 0 saturated heterocycles. The van der Waals surface area contributed by atoms with Gasteiger partial charge >= 0.3 is 0 Å². The molecule has 0 aliphatic carbocycles. The Bertz CT molecular complexity index is 1450. The van der Waals surface area contributed by atoms with Crippen molar-refractivity contribution in [2.75, 3.05) is 37.9 Å². The van der Waals surface area contributed by atoms with Crippen LogP contribution in [0.1, 0.15) is 37.8 Å². The summed E-state index contributed by atoms with van der Waals surface area (Å²) < 4.78 is 37.3. The molecule has 1 atom stereocenters. The van der Waals surface area contributed by atoms with Crippen molar-refractivity contribution in [3.05, 3.63) is 90.0 Å². The highest BCUT2D eigenvalue weighted by molar-refractivity contribution is 7.92. The maximum Gasteiger partial charge on any atom is 0.243 e. The number of anilines is 1. The molecule has 1 N–H and O–H groups in total. The third-order valence-electron chi connectivity index (χ3n) is 6.94. The van der Waals surface area contributed by atoms with Gasteiger partial charge < -0.3 is 19.7 Å². The number of rotatable bonds is 16. The largest absolute Gasteiger partial charge is 0.497 e. The number of methoxy groups -OCH3 is 2. The van der Waals surface area contributed by atoms with Gasteiger partial charge in [0, 0.05) is 38.5 Å². The molecular weight excluding hydrogens is 566 g/mol. The van der Waals surface area contributed by atoms with Crippen molar-refractivity contribution >= 4 is 27.5 Å². The summed E-state index contributed by atoms with van der Waals surface area (Å²) in [6.07, 6.45) is 1.77. The summed E-state index contributed by atoms with van der Waals surface area (Å²) in [5.74, 6) is 0.937. The topological polar surface area (TPSA) is 105 Å². The molecule has 0 fully saturated rings. The van der Waals surface area contributed by atoms with Gasteiger partial charge in [0.15, 0.2) is 0 Å². The molecule has 0 aliphatic heterocycles. The predicted molar refractivity (Wildman–Crippen MR) is 170 cm³/mol. The van der Waals surface area contributed by atoms with Crippen LogP contribution in [0.4, 0.5) is 5.69 Å². The fourth-order valence-electron chi connectivity index (χ4n) is 4.71. The first-order chi connectivity index (χ1) is 20.5. The van der Waals surface area contributed by atoms with E-state index < -0.39 is 16.1 Å². The maximum atomic E-state index is 14.0. The van der Waals surface area contributed by atoms with Crippen LogP contribution in [0.5, 0.6) is 11.5 Å². The van der Waals surface area contributed by atoms with Gasteiger partial charge in [-0.3, -0.25) is 13.9 Å². The molecule has 9 nitrogen and oxygen atoms in total. The lowest BCUT2D eigenvalue weighted by Crippen LogP contribution is -2.51. The lowest BCUT2D eigenvalue weighted by molar-refractivity contribution is -0.141. The second-order valence-corrected chi connectivity index (χ2v) is 12.8. The van der Waals surface area contributed by atoms with Gasteiger partial charge in [-0.05, 0) is 47.7 Å². The fourth-order valence-corrected chi connectivity index (χ4v) is 5.67. The molecule has 0 radical (unpaired) electrons. The molecule has 0 aliphatic rings. The summed E-state index contributed by atoms with van der Waals surface area (Å²) >= 11 is 0. The molecule has 1 unspecified atom stereocenters. The number of sulfonamides is 1. The quantitative estimate of drug-likeness (QED) is 0.253. The van der Waals surface area contributed by atoms with Crippen LogP contribution < -0.4 is 19.1 Å². The first kappa shape index (κ1) is 33.5. The number of nitrogens with one attached hydrogen (secondary N) is 1. The third kappa shape index (κ3) is 10.3. The number of hydrogen-bond donors (Lipinski definition) is 1. The summed E-state index contributed by atoms with van der Waals surface area (Å²) in [6.45, 7) is 4.79. The predicted octanol–water partition coefficient (Wildman–Crippen LogP) is 4.66. The average molecular weight is 610 g/mol. The van der Waals surface area contributed by atoms with E-state index in [0.29, 0.717) is 30.2 Å². The van der Waals surface area contributed by atoms with Crippen LogP contribution in [-0.2, 0) is 32.6 Å².